The third-order valence-electron chi connectivity index (χ3n) is 3.14. The summed E-state index contributed by atoms with van der Waals surface area (Å²) in [5.74, 6) is 0. The maximum absolute atomic E-state index is 4.94. The highest BCUT2D eigenvalue weighted by Gasteiger charge is 2.22. The predicted molar refractivity (Wildman–Crippen MR) is 72.5 cm³/mol. The topological polar surface area (TPSA) is 9.23 Å². The van der Waals surface area contributed by atoms with Gasteiger partial charge in [0.05, 0.1) is 0 Å². The molecule has 0 unspecified atom stereocenters. The highest BCUT2D eigenvalue weighted by atomic mass is 28.3. The van der Waals surface area contributed by atoms with Crippen molar-refractivity contribution in [2.24, 2.45) is 0 Å². The summed E-state index contributed by atoms with van der Waals surface area (Å²) in [4.78, 5) is 0. The van der Waals surface area contributed by atoms with Gasteiger partial charge in [0, 0.05) is 22.0 Å². The van der Waals surface area contributed by atoms with Gasteiger partial charge in [0.15, 0.2) is 0 Å². The fourth-order valence-electron chi connectivity index (χ4n) is 2.82. The Hall–Kier alpha value is 0.177. The van der Waals surface area contributed by atoms with Crippen molar-refractivity contribution in [3.63, 3.8) is 0 Å². The van der Waals surface area contributed by atoms with Gasteiger partial charge < -0.3 is 4.74 Å². The zero-order valence-corrected chi connectivity index (χ0v) is 12.7. The molecule has 1 rings (SSSR count). The second-order valence-corrected chi connectivity index (χ2v) is 10.8. The van der Waals surface area contributed by atoms with E-state index in [0.29, 0.717) is 0 Å². The lowest BCUT2D eigenvalue weighted by Crippen LogP contribution is -2.24. The van der Waals surface area contributed by atoms with E-state index in [-0.39, 0.29) is 0 Å². The average molecular weight is 230 g/mol. The molecule has 0 amide bonds. The normalized spacial score (nSPS) is 16.4. The van der Waals surface area contributed by atoms with E-state index in [1.54, 1.807) is 0 Å². The number of hydrogen-bond acceptors (Lipinski definition) is 1. The Morgan fingerprint density at radius 2 is 1.07 bits per heavy atom. The molecule has 1 heterocycles. The molecule has 1 aliphatic heterocycles. The number of ether oxygens (including phenoxy) is 1. The zero-order chi connectivity index (χ0) is 11.8. The van der Waals surface area contributed by atoms with Crippen LogP contribution in [0.5, 0.6) is 0 Å². The molecule has 0 aromatic rings. The molecule has 1 aliphatic rings. The Morgan fingerprint density at radius 1 is 0.733 bits per heavy atom. The van der Waals surface area contributed by atoms with Crippen LogP contribution in [0.25, 0.3) is 0 Å². The fourth-order valence-corrected chi connectivity index (χ4v) is 7.44. The Bertz CT molecular complexity index is 113. The van der Waals surface area contributed by atoms with E-state index in [2.05, 4.69) is 41.5 Å². The molecule has 0 radical (unpaired) electrons. The Balaban J connectivity index is 0.000000322. The highest BCUT2D eigenvalue weighted by molar-refractivity contribution is 6.63. The van der Waals surface area contributed by atoms with E-state index >= 15 is 0 Å². The monoisotopic (exact) mass is 230 g/mol. The van der Waals surface area contributed by atoms with Gasteiger partial charge >= 0.3 is 0 Å². The second kappa shape index (κ2) is 8.34. The van der Waals surface area contributed by atoms with Gasteiger partial charge in [0.2, 0.25) is 0 Å². The van der Waals surface area contributed by atoms with Crippen LogP contribution in [0.3, 0.4) is 0 Å². The van der Waals surface area contributed by atoms with Gasteiger partial charge in [-0.3, -0.25) is 0 Å². The summed E-state index contributed by atoms with van der Waals surface area (Å²) in [5, 5.41) is 0. The molecule has 0 aliphatic carbocycles. The largest absolute Gasteiger partial charge is 0.381 e. The first kappa shape index (κ1) is 15.2. The van der Waals surface area contributed by atoms with E-state index < -0.39 is 8.80 Å². The van der Waals surface area contributed by atoms with E-state index in [0.717, 1.165) is 29.8 Å². The van der Waals surface area contributed by atoms with Crippen molar-refractivity contribution >= 4 is 8.80 Å². The molecule has 0 N–H and O–H groups in total. The van der Waals surface area contributed by atoms with Crippen molar-refractivity contribution in [2.45, 2.75) is 71.0 Å². The molecule has 0 aromatic heterocycles. The van der Waals surface area contributed by atoms with Crippen LogP contribution in [-0.4, -0.2) is 22.0 Å². The first-order valence-electron chi connectivity index (χ1n) is 6.54. The lowest BCUT2D eigenvalue weighted by Gasteiger charge is -2.26. The van der Waals surface area contributed by atoms with Crippen LogP contribution in [0.15, 0.2) is 0 Å². The van der Waals surface area contributed by atoms with Crippen molar-refractivity contribution < 1.29 is 4.74 Å². The van der Waals surface area contributed by atoms with Crippen LogP contribution < -0.4 is 0 Å². The van der Waals surface area contributed by atoms with Crippen molar-refractivity contribution in [1.29, 1.82) is 0 Å². The maximum Gasteiger partial charge on any atom is 0.0466 e. The molecule has 0 bridgehead atoms. The lowest BCUT2D eigenvalue weighted by atomic mass is 10.4. The summed E-state index contributed by atoms with van der Waals surface area (Å²) in [6, 6.07) is 0. The minimum atomic E-state index is -0.454. The summed E-state index contributed by atoms with van der Waals surface area (Å²) < 4.78 is 4.94. The molecule has 2 heteroatoms. The second-order valence-electron chi connectivity index (χ2n) is 5.63. The van der Waals surface area contributed by atoms with Crippen LogP contribution in [0.1, 0.15) is 54.4 Å². The van der Waals surface area contributed by atoms with E-state index in [9.17, 15) is 0 Å². The van der Waals surface area contributed by atoms with Gasteiger partial charge in [-0.15, -0.1) is 0 Å². The lowest BCUT2D eigenvalue weighted by molar-refractivity contribution is 0.198. The van der Waals surface area contributed by atoms with E-state index in [1.165, 1.54) is 12.8 Å². The third-order valence-corrected chi connectivity index (χ3v) is 7.76. The summed E-state index contributed by atoms with van der Waals surface area (Å²) in [7, 11) is -0.454. The standard InChI is InChI=1S/C9H22Si.C4H8O/c1-7(2)10(8(3)4)9(5)6;1-2-4-5-3-1/h7-10H,1-6H3;1-4H2. The third kappa shape index (κ3) is 7.12. The van der Waals surface area contributed by atoms with Crippen molar-refractivity contribution in [3.8, 4) is 0 Å². The van der Waals surface area contributed by atoms with Crippen molar-refractivity contribution in [1.82, 2.24) is 0 Å². The van der Waals surface area contributed by atoms with Crippen molar-refractivity contribution in [2.75, 3.05) is 13.2 Å². The summed E-state index contributed by atoms with van der Waals surface area (Å²) in [6.45, 7) is 16.3. The minimum Gasteiger partial charge on any atom is -0.381 e. The van der Waals surface area contributed by atoms with Crippen molar-refractivity contribution in [3.05, 3.63) is 0 Å². The minimum absolute atomic E-state index is 0.454. The summed E-state index contributed by atoms with van der Waals surface area (Å²) in [6.07, 6.45) is 2.56. The van der Waals surface area contributed by atoms with Crippen LogP contribution in [0.2, 0.25) is 16.6 Å². The molecule has 0 aromatic carbocycles. The van der Waals surface area contributed by atoms with Gasteiger partial charge in [0.1, 0.15) is 0 Å². The molecule has 92 valence electrons. The molecule has 0 atom stereocenters. The molecule has 0 spiro atoms. The molecule has 1 nitrogen and oxygen atoms in total. The Kier molecular flexibility index (Phi) is 8.44. The Labute approximate surface area is 98.2 Å². The van der Waals surface area contributed by atoms with Gasteiger partial charge in [-0.25, -0.2) is 0 Å². The molecule has 15 heavy (non-hydrogen) atoms. The Morgan fingerprint density at radius 3 is 1.13 bits per heavy atom. The van der Waals surface area contributed by atoms with Gasteiger partial charge in [-0.05, 0) is 12.8 Å². The number of rotatable bonds is 3. The predicted octanol–water partition coefficient (Wildman–Crippen LogP) is 4.24. The van der Waals surface area contributed by atoms with Crippen LogP contribution >= 0.6 is 0 Å². The molecular weight excluding hydrogens is 200 g/mol. The first-order chi connectivity index (χ1) is 6.96. The summed E-state index contributed by atoms with van der Waals surface area (Å²) in [5.41, 5.74) is 2.92. The SMILES string of the molecule is C1CCOC1.CC(C)[SiH](C(C)C)C(C)C. The van der Waals surface area contributed by atoms with Crippen LogP contribution in [-0.2, 0) is 4.74 Å². The van der Waals surface area contributed by atoms with E-state index in [4.69, 9.17) is 4.74 Å². The van der Waals surface area contributed by atoms with Gasteiger partial charge in [-0.1, -0.05) is 58.2 Å². The smallest absolute Gasteiger partial charge is 0.0466 e. The van der Waals surface area contributed by atoms with Gasteiger partial charge in [-0.2, -0.15) is 0 Å². The average Bonchev–Trinajstić information content (AvgIpc) is 2.56. The van der Waals surface area contributed by atoms with Crippen LogP contribution in [0, 0.1) is 0 Å². The molecule has 1 saturated heterocycles. The summed E-state index contributed by atoms with van der Waals surface area (Å²) >= 11 is 0. The van der Waals surface area contributed by atoms with Gasteiger partial charge in [0.25, 0.3) is 0 Å². The highest BCUT2D eigenvalue weighted by Crippen LogP contribution is 2.28. The van der Waals surface area contributed by atoms with Crippen LogP contribution in [0.4, 0.5) is 0 Å². The molecule has 0 saturated carbocycles. The first-order valence-corrected chi connectivity index (χ1v) is 8.54. The number of hydrogen-bond donors (Lipinski definition) is 0. The van der Waals surface area contributed by atoms with E-state index in [1.807, 2.05) is 0 Å². The quantitative estimate of drug-likeness (QED) is 0.659. The molecule has 1 fully saturated rings. The molecular formula is C13H30OSi. The fraction of sp³-hybridized carbons (Fsp3) is 1.00. The maximum atomic E-state index is 4.94. The zero-order valence-electron chi connectivity index (χ0n) is 11.5.